The van der Waals surface area contributed by atoms with Gasteiger partial charge in [-0.3, -0.25) is 4.99 Å². The first kappa shape index (κ1) is 18.9. The number of aromatic amines is 1. The predicted octanol–water partition coefficient (Wildman–Crippen LogP) is 0.753. The number of piperazine rings is 1. The highest BCUT2D eigenvalue weighted by molar-refractivity contribution is 5.96. The fraction of sp³-hybridized carbons (Fsp3) is 0.174. The van der Waals surface area contributed by atoms with Crippen molar-refractivity contribution >= 4 is 35.8 Å². The summed E-state index contributed by atoms with van der Waals surface area (Å²) in [4.78, 5) is 28.5. The summed E-state index contributed by atoms with van der Waals surface area (Å²) >= 11 is 0. The maximum absolute atomic E-state index is 12.4. The first-order valence-electron chi connectivity index (χ1n) is 10.1. The van der Waals surface area contributed by atoms with Gasteiger partial charge in [0.25, 0.3) is 0 Å². The number of guanidine groups is 1. The lowest BCUT2D eigenvalue weighted by atomic mass is 10.2. The van der Waals surface area contributed by atoms with Gasteiger partial charge in [-0.25, -0.2) is 9.79 Å². The van der Waals surface area contributed by atoms with Crippen LogP contribution in [0.3, 0.4) is 0 Å². The molecule has 0 saturated carbocycles. The molecule has 1 saturated heterocycles. The first-order valence-corrected chi connectivity index (χ1v) is 10.1. The fourth-order valence-electron chi connectivity index (χ4n) is 3.75. The molecule has 3 heterocycles. The number of nitrogens with one attached hydrogen (secondary N) is 1. The zero-order valence-electron chi connectivity index (χ0n) is 16.9. The molecule has 0 bridgehead atoms. The van der Waals surface area contributed by atoms with Gasteiger partial charge in [0.15, 0.2) is 5.96 Å². The second-order valence-corrected chi connectivity index (χ2v) is 7.40. The Balaban J connectivity index is 1.37. The fourth-order valence-corrected chi connectivity index (χ4v) is 3.75. The van der Waals surface area contributed by atoms with E-state index in [1.54, 1.807) is 6.21 Å². The molecule has 0 unspecified atom stereocenters. The number of para-hydroxylation sites is 1. The van der Waals surface area contributed by atoms with E-state index in [1.165, 1.54) is 0 Å². The van der Waals surface area contributed by atoms with E-state index in [4.69, 9.17) is 10.2 Å². The average molecular weight is 414 g/mol. The molecule has 1 fully saturated rings. The van der Waals surface area contributed by atoms with Crippen LogP contribution < -0.4 is 21.9 Å². The summed E-state index contributed by atoms with van der Waals surface area (Å²) in [5, 5.41) is 2.19. The maximum atomic E-state index is 12.4. The number of aromatic nitrogens is 1. The lowest BCUT2D eigenvalue weighted by Crippen LogP contribution is -2.50. The van der Waals surface area contributed by atoms with Gasteiger partial charge in [-0.1, -0.05) is 24.3 Å². The van der Waals surface area contributed by atoms with Crippen LogP contribution in [0, 0.1) is 10.8 Å². The van der Waals surface area contributed by atoms with Crippen LogP contribution in [0.2, 0.25) is 0 Å². The minimum absolute atomic E-state index is 0.390. The molecule has 0 spiro atoms. The molecular formula is C23H22N6O2. The SMILES string of the molecule is NC(=Nc1ccccc1)N1CCN(/C=c2/[nH]c(=c3cccc4c3=CC=N4)oc2=O)CC1. The van der Waals surface area contributed by atoms with E-state index < -0.39 is 0 Å². The molecule has 3 aromatic rings. The molecule has 8 nitrogen and oxygen atoms in total. The Kier molecular flexibility index (Phi) is 4.87. The molecule has 0 aliphatic carbocycles. The van der Waals surface area contributed by atoms with Gasteiger partial charge in [-0.05, 0) is 30.3 Å². The van der Waals surface area contributed by atoms with Crippen LogP contribution in [0.25, 0.3) is 12.3 Å². The summed E-state index contributed by atoms with van der Waals surface area (Å²) in [6.45, 7) is 2.88. The zero-order chi connectivity index (χ0) is 21.2. The van der Waals surface area contributed by atoms with Gasteiger partial charge in [0, 0.05) is 49.0 Å². The first-order chi connectivity index (χ1) is 15.2. The summed E-state index contributed by atoms with van der Waals surface area (Å²) in [5.41, 5.74) is 7.93. The van der Waals surface area contributed by atoms with Crippen molar-refractivity contribution in [3.63, 3.8) is 0 Å². The lowest BCUT2D eigenvalue weighted by Gasteiger charge is -2.34. The number of rotatable bonds is 2. The van der Waals surface area contributed by atoms with Crippen LogP contribution >= 0.6 is 0 Å². The Hall–Kier alpha value is -4.07. The number of benzene rings is 2. The summed E-state index contributed by atoms with van der Waals surface area (Å²) in [6, 6.07) is 15.4. The van der Waals surface area contributed by atoms with Gasteiger partial charge >= 0.3 is 5.63 Å². The maximum Gasteiger partial charge on any atom is 0.363 e. The van der Waals surface area contributed by atoms with Crippen LogP contribution in [0.5, 0.6) is 0 Å². The highest BCUT2D eigenvalue weighted by Crippen LogP contribution is 2.11. The van der Waals surface area contributed by atoms with E-state index in [2.05, 4.69) is 19.9 Å². The normalized spacial score (nSPS) is 17.7. The van der Waals surface area contributed by atoms with Gasteiger partial charge in [-0.15, -0.1) is 0 Å². The smallest absolute Gasteiger partial charge is 0.363 e. The largest absolute Gasteiger partial charge is 0.404 e. The summed E-state index contributed by atoms with van der Waals surface area (Å²) in [7, 11) is 0. The van der Waals surface area contributed by atoms with E-state index in [-0.39, 0.29) is 5.63 Å². The predicted molar refractivity (Wildman–Crippen MR) is 121 cm³/mol. The van der Waals surface area contributed by atoms with E-state index in [0.29, 0.717) is 16.9 Å². The number of hydrogen-bond donors (Lipinski definition) is 2. The van der Waals surface area contributed by atoms with Gasteiger partial charge in [0.05, 0.1) is 11.4 Å². The Morgan fingerprint density at radius 2 is 1.90 bits per heavy atom. The second kappa shape index (κ2) is 7.98. The molecule has 2 aliphatic heterocycles. The number of hydrogen-bond acceptors (Lipinski definition) is 5. The molecule has 0 atom stereocenters. The third kappa shape index (κ3) is 3.87. The van der Waals surface area contributed by atoms with Crippen LogP contribution in [-0.2, 0) is 0 Å². The van der Waals surface area contributed by atoms with Gasteiger partial charge < -0.3 is 24.9 Å². The Morgan fingerprint density at radius 1 is 1.10 bits per heavy atom. The van der Waals surface area contributed by atoms with Crippen LogP contribution in [0.4, 0.5) is 11.4 Å². The minimum atomic E-state index is -0.390. The minimum Gasteiger partial charge on any atom is -0.404 e. The Labute approximate surface area is 177 Å². The van der Waals surface area contributed by atoms with Crippen LogP contribution in [0.15, 0.2) is 67.7 Å². The van der Waals surface area contributed by atoms with Gasteiger partial charge in [-0.2, -0.15) is 0 Å². The molecule has 0 radical (unpaired) electrons. The highest BCUT2D eigenvalue weighted by atomic mass is 16.4. The third-order valence-corrected chi connectivity index (χ3v) is 5.40. The van der Waals surface area contributed by atoms with Crippen molar-refractivity contribution in [3.8, 4) is 0 Å². The van der Waals surface area contributed by atoms with E-state index >= 15 is 0 Å². The number of fused-ring (bicyclic) bond motifs is 1. The van der Waals surface area contributed by atoms with Crippen molar-refractivity contribution < 1.29 is 4.42 Å². The van der Waals surface area contributed by atoms with Crippen LogP contribution in [0.1, 0.15) is 0 Å². The summed E-state index contributed by atoms with van der Waals surface area (Å²) in [6.07, 6.45) is 5.48. The van der Waals surface area contributed by atoms with E-state index in [0.717, 1.165) is 48.0 Å². The average Bonchev–Trinajstić information content (AvgIpc) is 3.41. The zero-order valence-corrected chi connectivity index (χ0v) is 16.9. The molecule has 1 aromatic heterocycles. The number of aliphatic imine (C=N–C) groups is 2. The number of nitrogens with two attached hydrogens (primary N) is 1. The molecule has 5 rings (SSSR count). The Morgan fingerprint density at radius 3 is 2.71 bits per heavy atom. The number of H-pyrrole nitrogens is 1. The molecule has 0 amide bonds. The van der Waals surface area contributed by atoms with E-state index in [1.807, 2.05) is 65.7 Å². The highest BCUT2D eigenvalue weighted by Gasteiger charge is 2.16. The van der Waals surface area contributed by atoms with Crippen molar-refractivity contribution in [2.24, 2.45) is 15.7 Å². The second-order valence-electron chi connectivity index (χ2n) is 7.40. The molecule has 2 aromatic carbocycles. The van der Waals surface area contributed by atoms with Crippen molar-refractivity contribution in [1.82, 2.24) is 14.8 Å². The monoisotopic (exact) mass is 414 g/mol. The number of oxazole rings is 1. The quantitative estimate of drug-likeness (QED) is 0.476. The van der Waals surface area contributed by atoms with Crippen molar-refractivity contribution in [3.05, 3.63) is 80.3 Å². The number of nitrogens with zero attached hydrogens (tertiary/aromatic N) is 4. The molecular weight excluding hydrogens is 392 g/mol. The molecule has 2 aliphatic rings. The summed E-state index contributed by atoms with van der Waals surface area (Å²) < 4.78 is 5.50. The van der Waals surface area contributed by atoms with E-state index in [9.17, 15) is 4.79 Å². The molecule has 31 heavy (non-hydrogen) atoms. The third-order valence-electron chi connectivity index (χ3n) is 5.40. The Bertz CT molecular complexity index is 1430. The molecule has 3 N–H and O–H groups in total. The van der Waals surface area contributed by atoms with Gasteiger partial charge in [0.2, 0.25) is 5.55 Å². The molecule has 156 valence electrons. The molecule has 8 heteroatoms. The lowest BCUT2D eigenvalue weighted by molar-refractivity contribution is 0.252. The van der Waals surface area contributed by atoms with Crippen molar-refractivity contribution in [2.45, 2.75) is 0 Å². The summed E-state index contributed by atoms with van der Waals surface area (Å²) in [5.74, 6) is 0.504. The van der Waals surface area contributed by atoms with Crippen LogP contribution in [-0.4, -0.2) is 53.1 Å². The van der Waals surface area contributed by atoms with Crippen molar-refractivity contribution in [2.75, 3.05) is 26.2 Å². The van der Waals surface area contributed by atoms with Crippen molar-refractivity contribution in [1.29, 1.82) is 0 Å². The van der Waals surface area contributed by atoms with Gasteiger partial charge in [0.1, 0.15) is 5.35 Å². The topological polar surface area (TPSA) is 103 Å². The standard InChI is InChI=1S/C23H22N6O2/c24-23(26-16-5-2-1-3-6-16)29-13-11-28(12-14-29)15-20-22(30)31-21(27-20)18-7-4-8-19-17(18)9-10-25-19/h1-10,15,27H,11-14H2,(H2,24,26)/b20-15+,21-18?.